The second-order valence-electron chi connectivity index (χ2n) is 6.90. The standard InChI is InChI=1S/C19H32N4O2/c1-7-20-18(21-13-17(24)22-19(3,4)5)23(6)14-15-9-11-16(12-10-15)25-8-2/h9-12H,7-8,13-14H2,1-6H3,(H,20,21)(H,22,24). The van der Waals surface area contributed by atoms with Crippen molar-refractivity contribution in [1.29, 1.82) is 0 Å². The van der Waals surface area contributed by atoms with Crippen LogP contribution < -0.4 is 15.4 Å². The second kappa shape index (κ2) is 9.91. The molecule has 0 saturated heterocycles. The highest BCUT2D eigenvalue weighted by molar-refractivity contribution is 5.85. The Hall–Kier alpha value is -2.24. The Kier molecular flexibility index (Phi) is 8.25. The maximum Gasteiger partial charge on any atom is 0.242 e. The molecule has 0 aromatic heterocycles. The minimum absolute atomic E-state index is 0.0858. The molecular formula is C19H32N4O2. The van der Waals surface area contributed by atoms with Gasteiger partial charge in [-0.2, -0.15) is 0 Å². The van der Waals surface area contributed by atoms with Gasteiger partial charge in [0.25, 0.3) is 0 Å². The van der Waals surface area contributed by atoms with E-state index in [9.17, 15) is 4.79 Å². The molecule has 1 aromatic carbocycles. The van der Waals surface area contributed by atoms with Crippen molar-refractivity contribution in [2.75, 3.05) is 26.7 Å². The maximum absolute atomic E-state index is 12.0. The molecule has 25 heavy (non-hydrogen) atoms. The Morgan fingerprint density at radius 2 is 1.84 bits per heavy atom. The highest BCUT2D eigenvalue weighted by Gasteiger charge is 2.14. The first-order valence-electron chi connectivity index (χ1n) is 8.77. The number of ether oxygens (including phenoxy) is 1. The highest BCUT2D eigenvalue weighted by atomic mass is 16.5. The number of guanidine groups is 1. The van der Waals surface area contributed by atoms with Crippen LogP contribution in [0.15, 0.2) is 29.3 Å². The van der Waals surface area contributed by atoms with E-state index in [1.54, 1.807) is 0 Å². The van der Waals surface area contributed by atoms with Gasteiger partial charge >= 0.3 is 0 Å². The Morgan fingerprint density at radius 3 is 2.36 bits per heavy atom. The van der Waals surface area contributed by atoms with E-state index < -0.39 is 0 Å². The molecule has 1 rings (SSSR count). The fraction of sp³-hybridized carbons (Fsp3) is 0.579. The lowest BCUT2D eigenvalue weighted by Crippen LogP contribution is -2.43. The summed E-state index contributed by atoms with van der Waals surface area (Å²) in [6, 6.07) is 8.01. The maximum atomic E-state index is 12.0. The Bertz CT molecular complexity index is 562. The number of carbonyl (C=O) groups excluding carboxylic acids is 1. The topological polar surface area (TPSA) is 66.0 Å². The van der Waals surface area contributed by atoms with Crippen molar-refractivity contribution in [2.24, 2.45) is 4.99 Å². The minimum atomic E-state index is -0.251. The van der Waals surface area contributed by atoms with Crippen molar-refractivity contribution in [2.45, 2.75) is 46.7 Å². The van der Waals surface area contributed by atoms with Crippen LogP contribution in [-0.2, 0) is 11.3 Å². The van der Waals surface area contributed by atoms with Gasteiger partial charge in [0.05, 0.1) is 6.61 Å². The zero-order valence-electron chi connectivity index (χ0n) is 16.3. The summed E-state index contributed by atoms with van der Waals surface area (Å²) in [5.74, 6) is 1.49. The third-order valence-corrected chi connectivity index (χ3v) is 3.24. The monoisotopic (exact) mass is 348 g/mol. The number of hydrogen-bond acceptors (Lipinski definition) is 3. The van der Waals surface area contributed by atoms with E-state index in [0.717, 1.165) is 17.9 Å². The van der Waals surface area contributed by atoms with Gasteiger partial charge in [0.1, 0.15) is 12.3 Å². The summed E-state index contributed by atoms with van der Waals surface area (Å²) in [5, 5.41) is 6.14. The number of nitrogens with zero attached hydrogens (tertiary/aromatic N) is 2. The van der Waals surface area contributed by atoms with Crippen molar-refractivity contribution in [3.63, 3.8) is 0 Å². The second-order valence-corrected chi connectivity index (χ2v) is 6.90. The molecular weight excluding hydrogens is 316 g/mol. The van der Waals surface area contributed by atoms with E-state index in [1.807, 2.05) is 70.8 Å². The summed E-state index contributed by atoms with van der Waals surface area (Å²) in [6.07, 6.45) is 0. The number of rotatable bonds is 7. The summed E-state index contributed by atoms with van der Waals surface area (Å²) in [4.78, 5) is 18.4. The van der Waals surface area contributed by atoms with Gasteiger partial charge in [0.2, 0.25) is 5.91 Å². The van der Waals surface area contributed by atoms with Crippen molar-refractivity contribution in [3.05, 3.63) is 29.8 Å². The number of hydrogen-bond donors (Lipinski definition) is 2. The lowest BCUT2D eigenvalue weighted by atomic mass is 10.1. The quantitative estimate of drug-likeness (QED) is 0.587. The fourth-order valence-electron chi connectivity index (χ4n) is 2.28. The predicted molar refractivity (Wildman–Crippen MR) is 103 cm³/mol. The Balaban J connectivity index is 2.69. The number of amides is 1. The van der Waals surface area contributed by atoms with Crippen LogP contribution in [0.4, 0.5) is 0 Å². The molecule has 2 N–H and O–H groups in total. The fourth-order valence-corrected chi connectivity index (χ4v) is 2.28. The summed E-state index contributed by atoms with van der Waals surface area (Å²) in [5.41, 5.74) is 0.898. The van der Waals surface area contributed by atoms with Crippen molar-refractivity contribution < 1.29 is 9.53 Å². The average molecular weight is 348 g/mol. The Morgan fingerprint density at radius 1 is 1.20 bits per heavy atom. The van der Waals surface area contributed by atoms with E-state index in [0.29, 0.717) is 19.1 Å². The smallest absolute Gasteiger partial charge is 0.242 e. The van der Waals surface area contributed by atoms with E-state index in [2.05, 4.69) is 15.6 Å². The molecule has 0 radical (unpaired) electrons. The SMILES string of the molecule is CCNC(=NCC(=O)NC(C)(C)C)N(C)Cc1ccc(OCC)cc1. The van der Waals surface area contributed by atoms with Crippen LogP contribution in [0.3, 0.4) is 0 Å². The first-order valence-corrected chi connectivity index (χ1v) is 8.77. The largest absolute Gasteiger partial charge is 0.494 e. The minimum Gasteiger partial charge on any atom is -0.494 e. The molecule has 0 saturated carbocycles. The molecule has 0 bridgehead atoms. The molecule has 0 aliphatic rings. The first kappa shape index (κ1) is 20.8. The van der Waals surface area contributed by atoms with Crippen LogP contribution in [0.25, 0.3) is 0 Å². The van der Waals surface area contributed by atoms with Gasteiger partial charge in [-0.1, -0.05) is 12.1 Å². The van der Waals surface area contributed by atoms with Crippen LogP contribution in [-0.4, -0.2) is 49.0 Å². The van der Waals surface area contributed by atoms with Crippen LogP contribution in [0.2, 0.25) is 0 Å². The van der Waals surface area contributed by atoms with Crippen LogP contribution in [0, 0.1) is 0 Å². The normalized spacial score (nSPS) is 11.8. The van der Waals surface area contributed by atoms with E-state index in [-0.39, 0.29) is 18.0 Å². The van der Waals surface area contributed by atoms with Gasteiger partial charge in [-0.15, -0.1) is 0 Å². The van der Waals surface area contributed by atoms with Crippen LogP contribution >= 0.6 is 0 Å². The number of nitrogens with one attached hydrogen (secondary N) is 2. The van der Waals surface area contributed by atoms with Crippen LogP contribution in [0.1, 0.15) is 40.2 Å². The molecule has 0 unspecified atom stereocenters. The molecule has 1 amide bonds. The van der Waals surface area contributed by atoms with Gasteiger partial charge < -0.3 is 20.3 Å². The van der Waals surface area contributed by atoms with E-state index in [4.69, 9.17) is 4.74 Å². The van der Waals surface area contributed by atoms with Crippen molar-refractivity contribution in [3.8, 4) is 5.75 Å². The van der Waals surface area contributed by atoms with Gasteiger partial charge in [0, 0.05) is 25.7 Å². The number of carbonyl (C=O) groups is 1. The molecule has 0 aliphatic carbocycles. The van der Waals surface area contributed by atoms with Crippen molar-refractivity contribution >= 4 is 11.9 Å². The van der Waals surface area contributed by atoms with Gasteiger partial charge in [-0.05, 0) is 52.3 Å². The lowest BCUT2D eigenvalue weighted by Gasteiger charge is -2.23. The number of aliphatic imine (C=N–C) groups is 1. The van der Waals surface area contributed by atoms with E-state index in [1.165, 1.54) is 0 Å². The molecule has 0 spiro atoms. The third-order valence-electron chi connectivity index (χ3n) is 3.24. The highest BCUT2D eigenvalue weighted by Crippen LogP contribution is 2.13. The predicted octanol–water partition coefficient (Wildman–Crippen LogP) is 2.40. The molecule has 0 fully saturated rings. The first-order chi connectivity index (χ1) is 11.7. The van der Waals surface area contributed by atoms with Gasteiger partial charge in [0.15, 0.2) is 5.96 Å². The summed E-state index contributed by atoms with van der Waals surface area (Å²) < 4.78 is 5.46. The average Bonchev–Trinajstić information content (AvgIpc) is 2.51. The van der Waals surface area contributed by atoms with Crippen molar-refractivity contribution in [1.82, 2.24) is 15.5 Å². The molecule has 0 atom stereocenters. The molecule has 1 aromatic rings. The van der Waals surface area contributed by atoms with Crippen LogP contribution in [0.5, 0.6) is 5.75 Å². The molecule has 140 valence electrons. The summed E-state index contributed by atoms with van der Waals surface area (Å²) in [6.45, 7) is 12.0. The van der Waals surface area contributed by atoms with Gasteiger partial charge in [-0.3, -0.25) is 4.79 Å². The molecule has 6 heteroatoms. The summed E-state index contributed by atoms with van der Waals surface area (Å²) >= 11 is 0. The third kappa shape index (κ3) is 8.42. The van der Waals surface area contributed by atoms with Gasteiger partial charge in [-0.25, -0.2) is 4.99 Å². The zero-order valence-corrected chi connectivity index (χ0v) is 16.3. The zero-order chi connectivity index (χ0) is 18.9. The molecule has 0 aliphatic heterocycles. The summed E-state index contributed by atoms with van der Waals surface area (Å²) in [7, 11) is 1.96. The molecule has 6 nitrogen and oxygen atoms in total. The number of benzene rings is 1. The lowest BCUT2D eigenvalue weighted by molar-refractivity contribution is -0.121. The Labute approximate surface area is 151 Å². The molecule has 0 heterocycles. The van der Waals surface area contributed by atoms with E-state index >= 15 is 0 Å².